The van der Waals surface area contributed by atoms with Gasteiger partial charge in [-0.05, 0) is 32.1 Å². The van der Waals surface area contributed by atoms with Crippen LogP contribution < -0.4 is 11.1 Å². The monoisotopic (exact) mass is 371 g/mol. The number of hydrogen-bond donors (Lipinski definition) is 2. The van der Waals surface area contributed by atoms with Gasteiger partial charge in [0.25, 0.3) is 0 Å². The van der Waals surface area contributed by atoms with Gasteiger partial charge in [0, 0.05) is 39.5 Å². The molecule has 0 aromatic rings. The van der Waals surface area contributed by atoms with E-state index < -0.39 is 0 Å². The minimum Gasteiger partial charge on any atom is -0.381 e. The van der Waals surface area contributed by atoms with Crippen LogP contribution in [0.25, 0.3) is 0 Å². The van der Waals surface area contributed by atoms with Gasteiger partial charge in [0.1, 0.15) is 0 Å². The Balaban J connectivity index is 0.00000289. The van der Waals surface area contributed by atoms with E-state index >= 15 is 0 Å². The Morgan fingerprint density at radius 3 is 2.83 bits per heavy atom. The highest BCUT2D eigenvalue weighted by Gasteiger charge is 2.13. The molecule has 5 nitrogen and oxygen atoms in total. The van der Waals surface area contributed by atoms with E-state index in [1.165, 1.54) is 0 Å². The van der Waals surface area contributed by atoms with Crippen molar-refractivity contribution in [1.82, 2.24) is 5.32 Å². The lowest BCUT2D eigenvalue weighted by Crippen LogP contribution is -2.31. The fourth-order valence-corrected chi connectivity index (χ4v) is 1.77. The van der Waals surface area contributed by atoms with Crippen LogP contribution in [0, 0.1) is 5.92 Å². The Morgan fingerprint density at radius 2 is 2.17 bits per heavy atom. The first-order valence-electron chi connectivity index (χ1n) is 6.52. The zero-order chi connectivity index (χ0) is 12.3. The standard InChI is InChI=1S/C12H25N3O2.HI/c1-2-14-12(13)15-6-3-7-17-10-11-4-8-16-9-5-11;/h11H,2-10H2,1H3,(H3,13,14,15);1H. The Morgan fingerprint density at radius 1 is 1.44 bits per heavy atom. The van der Waals surface area contributed by atoms with E-state index in [-0.39, 0.29) is 24.0 Å². The number of hydrogen-bond acceptors (Lipinski definition) is 3. The van der Waals surface area contributed by atoms with Crippen LogP contribution in [0.5, 0.6) is 0 Å². The molecule has 0 aromatic carbocycles. The summed E-state index contributed by atoms with van der Waals surface area (Å²) >= 11 is 0. The number of ether oxygens (including phenoxy) is 2. The molecule has 0 amide bonds. The van der Waals surface area contributed by atoms with Crippen molar-refractivity contribution >= 4 is 29.9 Å². The third-order valence-corrected chi connectivity index (χ3v) is 2.78. The Bertz CT molecular complexity index is 221. The van der Waals surface area contributed by atoms with Crippen LogP contribution in [-0.2, 0) is 9.47 Å². The van der Waals surface area contributed by atoms with Crippen LogP contribution >= 0.6 is 24.0 Å². The molecule has 1 aliphatic heterocycles. The molecule has 0 aromatic heterocycles. The Labute approximate surface area is 127 Å². The first-order chi connectivity index (χ1) is 8.33. The molecule has 1 aliphatic rings. The predicted molar refractivity (Wildman–Crippen MR) is 84.6 cm³/mol. The molecule has 0 saturated carbocycles. The molecule has 0 bridgehead atoms. The van der Waals surface area contributed by atoms with Gasteiger partial charge < -0.3 is 20.5 Å². The maximum atomic E-state index is 5.63. The van der Waals surface area contributed by atoms with E-state index in [1.807, 2.05) is 6.92 Å². The maximum absolute atomic E-state index is 5.63. The molecule has 0 radical (unpaired) electrons. The quantitative estimate of drug-likeness (QED) is 0.307. The molecule has 3 N–H and O–H groups in total. The number of nitrogens with zero attached hydrogens (tertiary/aromatic N) is 1. The lowest BCUT2D eigenvalue weighted by molar-refractivity contribution is 0.0205. The summed E-state index contributed by atoms with van der Waals surface area (Å²) in [6.45, 7) is 6.94. The van der Waals surface area contributed by atoms with E-state index in [2.05, 4.69) is 10.3 Å². The lowest BCUT2D eigenvalue weighted by Gasteiger charge is -2.21. The molecule has 18 heavy (non-hydrogen) atoms. The third-order valence-electron chi connectivity index (χ3n) is 2.78. The molecule has 0 aliphatic carbocycles. The van der Waals surface area contributed by atoms with Crippen molar-refractivity contribution in [3.63, 3.8) is 0 Å². The molecular weight excluding hydrogens is 345 g/mol. The van der Waals surface area contributed by atoms with Crippen molar-refractivity contribution in [2.45, 2.75) is 26.2 Å². The van der Waals surface area contributed by atoms with E-state index in [0.29, 0.717) is 11.9 Å². The fraction of sp³-hybridized carbons (Fsp3) is 0.917. The first kappa shape index (κ1) is 17.9. The predicted octanol–water partition coefficient (Wildman–Crippen LogP) is 1.36. The molecule has 1 saturated heterocycles. The molecule has 0 unspecified atom stereocenters. The second-order valence-electron chi connectivity index (χ2n) is 4.28. The summed E-state index contributed by atoms with van der Waals surface area (Å²) in [5.74, 6) is 1.20. The van der Waals surface area contributed by atoms with E-state index in [4.69, 9.17) is 15.2 Å². The van der Waals surface area contributed by atoms with Crippen LogP contribution in [-0.4, -0.2) is 45.5 Å². The van der Waals surface area contributed by atoms with Gasteiger partial charge >= 0.3 is 0 Å². The number of guanidine groups is 1. The van der Waals surface area contributed by atoms with Crippen LogP contribution in [0.3, 0.4) is 0 Å². The van der Waals surface area contributed by atoms with Crippen LogP contribution in [0.4, 0.5) is 0 Å². The highest BCUT2D eigenvalue weighted by molar-refractivity contribution is 14.0. The third kappa shape index (κ3) is 8.93. The van der Waals surface area contributed by atoms with Crippen LogP contribution in [0.2, 0.25) is 0 Å². The smallest absolute Gasteiger partial charge is 0.188 e. The van der Waals surface area contributed by atoms with Crippen molar-refractivity contribution in [1.29, 1.82) is 0 Å². The Kier molecular flexibility index (Phi) is 11.9. The van der Waals surface area contributed by atoms with Crippen molar-refractivity contribution in [2.75, 3.05) is 39.5 Å². The second-order valence-corrected chi connectivity index (χ2v) is 4.28. The van der Waals surface area contributed by atoms with Crippen molar-refractivity contribution < 1.29 is 9.47 Å². The van der Waals surface area contributed by atoms with Gasteiger partial charge in [-0.3, -0.25) is 4.99 Å². The van der Waals surface area contributed by atoms with E-state index in [1.54, 1.807) is 0 Å². The van der Waals surface area contributed by atoms with E-state index in [9.17, 15) is 0 Å². The largest absolute Gasteiger partial charge is 0.381 e. The van der Waals surface area contributed by atoms with Gasteiger partial charge in [-0.25, -0.2) is 0 Å². The summed E-state index contributed by atoms with van der Waals surface area (Å²) in [6.07, 6.45) is 3.19. The topological polar surface area (TPSA) is 68.9 Å². The van der Waals surface area contributed by atoms with E-state index in [0.717, 1.165) is 58.8 Å². The zero-order valence-corrected chi connectivity index (χ0v) is 13.5. The van der Waals surface area contributed by atoms with Gasteiger partial charge in [0.15, 0.2) is 5.96 Å². The number of aliphatic imine (C=N–C) groups is 1. The summed E-state index contributed by atoms with van der Waals surface area (Å²) in [5.41, 5.74) is 5.60. The van der Waals surface area contributed by atoms with Gasteiger partial charge in [0.05, 0.1) is 0 Å². The first-order valence-corrected chi connectivity index (χ1v) is 6.52. The molecule has 0 atom stereocenters. The number of halogens is 1. The number of nitrogens with one attached hydrogen (secondary N) is 1. The fourth-order valence-electron chi connectivity index (χ4n) is 1.77. The normalized spacial score (nSPS) is 17.3. The summed E-state index contributed by atoms with van der Waals surface area (Å²) in [4.78, 5) is 4.18. The SMILES string of the molecule is CCNC(N)=NCCCOCC1CCOCC1.I. The molecule has 1 heterocycles. The van der Waals surface area contributed by atoms with Gasteiger partial charge in [-0.1, -0.05) is 0 Å². The lowest BCUT2D eigenvalue weighted by atomic mass is 10.0. The van der Waals surface area contributed by atoms with Crippen molar-refractivity contribution in [3.05, 3.63) is 0 Å². The average Bonchev–Trinajstić information content (AvgIpc) is 2.35. The molecule has 6 heteroatoms. The van der Waals surface area contributed by atoms with Crippen LogP contribution in [0.15, 0.2) is 4.99 Å². The van der Waals surface area contributed by atoms with Gasteiger partial charge in [0.2, 0.25) is 0 Å². The molecule has 108 valence electrons. The Hall–Kier alpha value is -0.0800. The van der Waals surface area contributed by atoms with Crippen molar-refractivity contribution in [2.24, 2.45) is 16.6 Å². The van der Waals surface area contributed by atoms with Gasteiger partial charge in [-0.15, -0.1) is 24.0 Å². The molecule has 0 spiro atoms. The molecule has 1 rings (SSSR count). The number of nitrogens with two attached hydrogens (primary N) is 1. The highest BCUT2D eigenvalue weighted by atomic mass is 127. The maximum Gasteiger partial charge on any atom is 0.188 e. The highest BCUT2D eigenvalue weighted by Crippen LogP contribution is 2.14. The zero-order valence-electron chi connectivity index (χ0n) is 11.2. The molecular formula is C12H26IN3O2. The van der Waals surface area contributed by atoms with Gasteiger partial charge in [-0.2, -0.15) is 0 Å². The number of rotatable bonds is 7. The summed E-state index contributed by atoms with van der Waals surface area (Å²) in [7, 11) is 0. The summed E-state index contributed by atoms with van der Waals surface area (Å²) < 4.78 is 10.9. The summed E-state index contributed by atoms with van der Waals surface area (Å²) in [5, 5.41) is 2.96. The molecule has 1 fully saturated rings. The second kappa shape index (κ2) is 12.0. The summed E-state index contributed by atoms with van der Waals surface area (Å²) in [6, 6.07) is 0. The average molecular weight is 371 g/mol. The minimum atomic E-state index is 0. The van der Waals surface area contributed by atoms with Crippen LogP contribution in [0.1, 0.15) is 26.2 Å². The van der Waals surface area contributed by atoms with Crippen molar-refractivity contribution in [3.8, 4) is 0 Å². The minimum absolute atomic E-state index is 0.